The third-order valence-electron chi connectivity index (χ3n) is 2.77. The second kappa shape index (κ2) is 5.65. The van der Waals surface area contributed by atoms with Crippen LogP contribution in [0.2, 0.25) is 0 Å². The highest BCUT2D eigenvalue weighted by atomic mass is 19.1. The zero-order valence-electron chi connectivity index (χ0n) is 10.4. The average Bonchev–Trinajstić information content (AvgIpc) is 2.32. The molecule has 0 aliphatic carbocycles. The maximum Gasteiger partial charge on any atom is 0.123 e. The number of nitrogens with zero attached hydrogens (tertiary/aromatic N) is 1. The van der Waals surface area contributed by atoms with E-state index in [0.717, 1.165) is 24.3 Å². The molecule has 94 valence electrons. The molecule has 18 heavy (non-hydrogen) atoms. The Balaban J connectivity index is 1.96. The van der Waals surface area contributed by atoms with Gasteiger partial charge >= 0.3 is 0 Å². The largest absolute Gasteiger partial charge is 0.399 e. The fourth-order valence-corrected chi connectivity index (χ4v) is 1.96. The highest BCUT2D eigenvalue weighted by Gasteiger charge is 2.02. The van der Waals surface area contributed by atoms with Gasteiger partial charge in [0.2, 0.25) is 0 Å². The summed E-state index contributed by atoms with van der Waals surface area (Å²) < 4.78 is 12.8. The van der Waals surface area contributed by atoms with Crippen LogP contribution in [0.25, 0.3) is 0 Å². The molecule has 0 saturated heterocycles. The summed E-state index contributed by atoms with van der Waals surface area (Å²) >= 11 is 0. The van der Waals surface area contributed by atoms with Crippen LogP contribution in [-0.4, -0.2) is 11.9 Å². The van der Waals surface area contributed by atoms with Gasteiger partial charge in [-0.1, -0.05) is 24.3 Å². The van der Waals surface area contributed by atoms with Crippen molar-refractivity contribution < 1.29 is 4.39 Å². The number of anilines is 1. The summed E-state index contributed by atoms with van der Waals surface area (Å²) in [6, 6.07) is 14.5. The van der Waals surface area contributed by atoms with Gasteiger partial charge in [-0.3, -0.25) is 4.90 Å². The molecule has 3 heteroatoms. The van der Waals surface area contributed by atoms with Crippen molar-refractivity contribution in [3.05, 3.63) is 65.5 Å². The molecule has 0 bridgehead atoms. The number of benzene rings is 2. The summed E-state index contributed by atoms with van der Waals surface area (Å²) in [5, 5.41) is 0. The Morgan fingerprint density at radius 3 is 2.33 bits per heavy atom. The van der Waals surface area contributed by atoms with E-state index in [1.165, 1.54) is 17.7 Å². The number of nitrogen functional groups attached to an aromatic ring is 1. The molecule has 0 fully saturated rings. The molecule has 2 N–H and O–H groups in total. The minimum atomic E-state index is -0.197. The normalized spacial score (nSPS) is 10.8. The van der Waals surface area contributed by atoms with Crippen LogP contribution in [-0.2, 0) is 13.1 Å². The highest BCUT2D eigenvalue weighted by molar-refractivity contribution is 5.40. The average molecular weight is 244 g/mol. The van der Waals surface area contributed by atoms with Crippen molar-refractivity contribution >= 4 is 5.69 Å². The third kappa shape index (κ3) is 3.57. The van der Waals surface area contributed by atoms with Crippen LogP contribution in [0.1, 0.15) is 11.1 Å². The van der Waals surface area contributed by atoms with E-state index < -0.39 is 0 Å². The monoisotopic (exact) mass is 244 g/mol. The van der Waals surface area contributed by atoms with E-state index in [-0.39, 0.29) is 5.82 Å². The molecular formula is C15H17FN2. The zero-order chi connectivity index (χ0) is 13.0. The van der Waals surface area contributed by atoms with E-state index >= 15 is 0 Å². The van der Waals surface area contributed by atoms with Gasteiger partial charge in [-0.2, -0.15) is 0 Å². The predicted octanol–water partition coefficient (Wildman–Crippen LogP) is 3.04. The van der Waals surface area contributed by atoms with Crippen LogP contribution in [0.3, 0.4) is 0 Å². The standard InChI is InChI=1S/C15H17FN2/c1-18(10-12-5-7-14(16)8-6-12)11-13-3-2-4-15(17)9-13/h2-9H,10-11,17H2,1H3. The minimum Gasteiger partial charge on any atom is -0.399 e. The molecule has 0 atom stereocenters. The first-order valence-corrected chi connectivity index (χ1v) is 5.91. The van der Waals surface area contributed by atoms with Gasteiger partial charge in [-0.25, -0.2) is 4.39 Å². The Kier molecular flexibility index (Phi) is 3.95. The van der Waals surface area contributed by atoms with E-state index in [9.17, 15) is 4.39 Å². The predicted molar refractivity (Wildman–Crippen MR) is 72.4 cm³/mol. The Hall–Kier alpha value is -1.87. The summed E-state index contributed by atoms with van der Waals surface area (Å²) in [5.74, 6) is -0.197. The summed E-state index contributed by atoms with van der Waals surface area (Å²) in [5.41, 5.74) is 8.80. The van der Waals surface area contributed by atoms with E-state index in [4.69, 9.17) is 5.73 Å². The second-order valence-corrected chi connectivity index (χ2v) is 4.54. The van der Waals surface area contributed by atoms with Crippen molar-refractivity contribution in [2.75, 3.05) is 12.8 Å². The number of hydrogen-bond donors (Lipinski definition) is 1. The number of rotatable bonds is 4. The number of nitrogens with two attached hydrogens (primary N) is 1. The fourth-order valence-electron chi connectivity index (χ4n) is 1.96. The molecule has 0 aliphatic rings. The quantitative estimate of drug-likeness (QED) is 0.838. The number of halogens is 1. The molecule has 0 amide bonds. The smallest absolute Gasteiger partial charge is 0.123 e. The van der Waals surface area contributed by atoms with E-state index in [2.05, 4.69) is 11.0 Å². The third-order valence-corrected chi connectivity index (χ3v) is 2.77. The first-order chi connectivity index (χ1) is 8.63. The molecule has 0 saturated carbocycles. The van der Waals surface area contributed by atoms with Crippen molar-refractivity contribution in [3.8, 4) is 0 Å². The van der Waals surface area contributed by atoms with Crippen molar-refractivity contribution in [3.63, 3.8) is 0 Å². The molecule has 2 aromatic rings. The first-order valence-electron chi connectivity index (χ1n) is 5.91. The molecule has 0 unspecified atom stereocenters. The fraction of sp³-hybridized carbons (Fsp3) is 0.200. The van der Waals surface area contributed by atoms with Crippen LogP contribution in [0.5, 0.6) is 0 Å². The first kappa shape index (κ1) is 12.6. The van der Waals surface area contributed by atoms with Crippen molar-refractivity contribution in [1.82, 2.24) is 4.90 Å². The minimum absolute atomic E-state index is 0.197. The summed E-state index contributed by atoms with van der Waals surface area (Å²) in [6.07, 6.45) is 0. The summed E-state index contributed by atoms with van der Waals surface area (Å²) in [6.45, 7) is 1.61. The molecule has 0 radical (unpaired) electrons. The lowest BCUT2D eigenvalue weighted by Gasteiger charge is -2.17. The van der Waals surface area contributed by atoms with Crippen molar-refractivity contribution in [2.24, 2.45) is 0 Å². The van der Waals surface area contributed by atoms with E-state index in [0.29, 0.717) is 0 Å². The van der Waals surface area contributed by atoms with E-state index in [1.54, 1.807) is 0 Å². The Morgan fingerprint density at radius 1 is 1.00 bits per heavy atom. The van der Waals surface area contributed by atoms with Crippen LogP contribution in [0.4, 0.5) is 10.1 Å². The maximum absolute atomic E-state index is 12.8. The van der Waals surface area contributed by atoms with Gasteiger partial charge in [0, 0.05) is 18.8 Å². The van der Waals surface area contributed by atoms with Gasteiger partial charge in [0.15, 0.2) is 0 Å². The molecular weight excluding hydrogens is 227 g/mol. The van der Waals surface area contributed by atoms with Gasteiger partial charge in [0.1, 0.15) is 5.82 Å². The van der Waals surface area contributed by atoms with Gasteiger partial charge in [-0.15, -0.1) is 0 Å². The summed E-state index contributed by atoms with van der Waals surface area (Å²) in [4.78, 5) is 2.17. The lowest BCUT2D eigenvalue weighted by Crippen LogP contribution is -2.17. The molecule has 2 aromatic carbocycles. The van der Waals surface area contributed by atoms with Crippen LogP contribution in [0, 0.1) is 5.82 Å². The Morgan fingerprint density at radius 2 is 1.67 bits per heavy atom. The molecule has 0 heterocycles. The second-order valence-electron chi connectivity index (χ2n) is 4.54. The molecule has 0 spiro atoms. The van der Waals surface area contributed by atoms with Crippen LogP contribution < -0.4 is 5.73 Å². The van der Waals surface area contributed by atoms with Crippen LogP contribution in [0.15, 0.2) is 48.5 Å². The van der Waals surface area contributed by atoms with Crippen LogP contribution >= 0.6 is 0 Å². The lowest BCUT2D eigenvalue weighted by atomic mass is 10.1. The van der Waals surface area contributed by atoms with Gasteiger partial charge in [-0.05, 0) is 42.4 Å². The SMILES string of the molecule is CN(Cc1ccc(F)cc1)Cc1cccc(N)c1. The highest BCUT2D eigenvalue weighted by Crippen LogP contribution is 2.11. The Bertz CT molecular complexity index is 508. The number of hydrogen-bond acceptors (Lipinski definition) is 2. The molecule has 0 aromatic heterocycles. The lowest BCUT2D eigenvalue weighted by molar-refractivity contribution is 0.319. The molecule has 0 aliphatic heterocycles. The maximum atomic E-state index is 12.8. The van der Waals surface area contributed by atoms with Crippen molar-refractivity contribution in [1.29, 1.82) is 0 Å². The summed E-state index contributed by atoms with van der Waals surface area (Å²) in [7, 11) is 2.03. The molecule has 2 rings (SSSR count). The molecule has 2 nitrogen and oxygen atoms in total. The Labute approximate surface area is 107 Å². The van der Waals surface area contributed by atoms with Gasteiger partial charge < -0.3 is 5.73 Å². The zero-order valence-corrected chi connectivity index (χ0v) is 10.4. The van der Waals surface area contributed by atoms with Gasteiger partial charge in [0.25, 0.3) is 0 Å². The van der Waals surface area contributed by atoms with Crippen molar-refractivity contribution in [2.45, 2.75) is 13.1 Å². The van der Waals surface area contributed by atoms with E-state index in [1.807, 2.05) is 37.4 Å². The topological polar surface area (TPSA) is 29.3 Å². The van der Waals surface area contributed by atoms with Gasteiger partial charge in [0.05, 0.1) is 0 Å².